The molecule has 1 aromatic carbocycles. The van der Waals surface area contributed by atoms with Crippen LogP contribution in [0.4, 0.5) is 0 Å². The van der Waals surface area contributed by atoms with E-state index in [2.05, 4.69) is 6.58 Å². The molecule has 0 heterocycles. The lowest BCUT2D eigenvalue weighted by Crippen LogP contribution is -2.21. The molecular weight excluding hydrogens is 232 g/mol. The lowest BCUT2D eigenvalue weighted by atomic mass is 9.96. The maximum Gasteiger partial charge on any atom is 0.307 e. The highest BCUT2D eigenvalue weighted by Gasteiger charge is 2.22. The van der Waals surface area contributed by atoms with Crippen LogP contribution in [0.5, 0.6) is 0 Å². The number of benzene rings is 1. The molecule has 0 spiro atoms. The zero-order chi connectivity index (χ0) is 13.4. The molecule has 0 unspecified atom stereocenters. The Morgan fingerprint density at radius 3 is 2.56 bits per heavy atom. The van der Waals surface area contributed by atoms with E-state index < -0.39 is 17.9 Å². The molecule has 0 saturated heterocycles. The lowest BCUT2D eigenvalue weighted by molar-refractivity contribution is -0.150. The molecule has 4 heteroatoms. The van der Waals surface area contributed by atoms with Crippen LogP contribution in [0.1, 0.15) is 12.0 Å². The molecule has 4 nitrogen and oxygen atoms in total. The number of carbonyl (C=O) groups is 2. The van der Waals surface area contributed by atoms with E-state index in [0.29, 0.717) is 6.42 Å². The molecule has 96 valence electrons. The quantitative estimate of drug-likeness (QED) is 0.592. The maximum absolute atomic E-state index is 11.4. The Morgan fingerprint density at radius 2 is 2.00 bits per heavy atom. The first-order valence-corrected chi connectivity index (χ1v) is 5.66. The summed E-state index contributed by atoms with van der Waals surface area (Å²) in [5.74, 6) is -2.27. The monoisotopic (exact) mass is 248 g/mol. The summed E-state index contributed by atoms with van der Waals surface area (Å²) in [6.07, 6.45) is 1.64. The molecule has 0 aliphatic heterocycles. The van der Waals surface area contributed by atoms with E-state index in [4.69, 9.17) is 9.84 Å². The van der Waals surface area contributed by atoms with Crippen molar-refractivity contribution in [3.05, 3.63) is 48.6 Å². The summed E-state index contributed by atoms with van der Waals surface area (Å²) in [7, 11) is 0. The minimum atomic E-state index is -0.991. The van der Waals surface area contributed by atoms with Gasteiger partial charge in [-0.05, 0) is 12.0 Å². The standard InChI is InChI=1S/C14H16O4/c1-2-8-18-13(15)10-12(14(16)17)9-11-6-4-3-5-7-11/h2-7,12H,1,8-10H2,(H,16,17)/t12-/m1/s1. The number of hydrogen-bond acceptors (Lipinski definition) is 3. The van der Waals surface area contributed by atoms with Crippen LogP contribution in [-0.4, -0.2) is 23.7 Å². The van der Waals surface area contributed by atoms with Gasteiger partial charge < -0.3 is 9.84 Å². The second-order valence-corrected chi connectivity index (χ2v) is 3.90. The van der Waals surface area contributed by atoms with Gasteiger partial charge in [-0.1, -0.05) is 43.0 Å². The Kier molecular flexibility index (Phi) is 5.64. The Balaban J connectivity index is 2.58. The fourth-order valence-corrected chi connectivity index (χ4v) is 1.56. The van der Waals surface area contributed by atoms with Gasteiger partial charge in [-0.2, -0.15) is 0 Å². The minimum Gasteiger partial charge on any atom is -0.481 e. The van der Waals surface area contributed by atoms with Crippen molar-refractivity contribution in [1.29, 1.82) is 0 Å². The van der Waals surface area contributed by atoms with Crippen molar-refractivity contribution < 1.29 is 19.4 Å². The highest BCUT2D eigenvalue weighted by molar-refractivity contribution is 5.79. The average Bonchev–Trinajstić information content (AvgIpc) is 2.36. The van der Waals surface area contributed by atoms with Crippen molar-refractivity contribution in [2.45, 2.75) is 12.8 Å². The Labute approximate surface area is 106 Å². The predicted molar refractivity (Wildman–Crippen MR) is 67.0 cm³/mol. The molecule has 18 heavy (non-hydrogen) atoms. The van der Waals surface area contributed by atoms with Gasteiger partial charge in [-0.15, -0.1) is 0 Å². The molecule has 0 amide bonds. The first-order chi connectivity index (χ1) is 8.63. The number of carboxylic acid groups (broad SMARTS) is 1. The Morgan fingerprint density at radius 1 is 1.33 bits per heavy atom. The smallest absolute Gasteiger partial charge is 0.307 e. The van der Waals surface area contributed by atoms with Gasteiger partial charge in [-0.25, -0.2) is 0 Å². The zero-order valence-electron chi connectivity index (χ0n) is 10.0. The summed E-state index contributed by atoms with van der Waals surface area (Å²) >= 11 is 0. The summed E-state index contributed by atoms with van der Waals surface area (Å²) in [6.45, 7) is 3.53. The second-order valence-electron chi connectivity index (χ2n) is 3.90. The third-order valence-corrected chi connectivity index (χ3v) is 2.45. The first kappa shape index (κ1) is 14.0. The van der Waals surface area contributed by atoms with Gasteiger partial charge in [0.15, 0.2) is 0 Å². The van der Waals surface area contributed by atoms with Crippen molar-refractivity contribution in [1.82, 2.24) is 0 Å². The van der Waals surface area contributed by atoms with E-state index in [1.54, 1.807) is 0 Å². The van der Waals surface area contributed by atoms with Crippen LogP contribution in [0.15, 0.2) is 43.0 Å². The lowest BCUT2D eigenvalue weighted by Gasteiger charge is -2.11. The maximum atomic E-state index is 11.4. The van der Waals surface area contributed by atoms with Gasteiger partial charge in [0, 0.05) is 0 Å². The number of rotatable bonds is 7. The molecule has 1 aromatic rings. The molecule has 0 bridgehead atoms. The van der Waals surface area contributed by atoms with Crippen molar-refractivity contribution in [2.24, 2.45) is 5.92 Å². The molecule has 0 aliphatic carbocycles. The molecule has 0 aliphatic rings. The van der Waals surface area contributed by atoms with Gasteiger partial charge in [0.1, 0.15) is 6.61 Å². The van der Waals surface area contributed by atoms with Gasteiger partial charge in [0.05, 0.1) is 12.3 Å². The SMILES string of the molecule is C=CCOC(=O)C[C@@H](Cc1ccccc1)C(=O)O. The van der Waals surface area contributed by atoms with E-state index in [1.165, 1.54) is 6.08 Å². The van der Waals surface area contributed by atoms with Crippen LogP contribution < -0.4 is 0 Å². The van der Waals surface area contributed by atoms with Crippen molar-refractivity contribution in [2.75, 3.05) is 6.61 Å². The van der Waals surface area contributed by atoms with Gasteiger partial charge in [0.25, 0.3) is 0 Å². The summed E-state index contributed by atoms with van der Waals surface area (Å²) < 4.78 is 4.79. The Bertz CT molecular complexity index is 411. The van der Waals surface area contributed by atoms with Crippen LogP contribution in [0, 0.1) is 5.92 Å². The van der Waals surface area contributed by atoms with E-state index in [1.807, 2.05) is 30.3 Å². The van der Waals surface area contributed by atoms with Crippen LogP contribution in [-0.2, 0) is 20.7 Å². The molecule has 0 saturated carbocycles. The Hall–Kier alpha value is -2.10. The third-order valence-electron chi connectivity index (χ3n) is 2.45. The molecule has 1 atom stereocenters. The van der Waals surface area contributed by atoms with Gasteiger partial charge in [0.2, 0.25) is 0 Å². The fraction of sp³-hybridized carbons (Fsp3) is 0.286. The summed E-state index contributed by atoms with van der Waals surface area (Å²) in [5, 5.41) is 9.08. The van der Waals surface area contributed by atoms with Gasteiger partial charge >= 0.3 is 11.9 Å². The van der Waals surface area contributed by atoms with Crippen LogP contribution in [0.25, 0.3) is 0 Å². The minimum absolute atomic E-state index is 0.108. The number of esters is 1. The zero-order valence-corrected chi connectivity index (χ0v) is 10.0. The predicted octanol–water partition coefficient (Wildman–Crippen LogP) is 2.05. The van der Waals surface area contributed by atoms with Crippen LogP contribution in [0.3, 0.4) is 0 Å². The normalized spacial score (nSPS) is 11.6. The third kappa shape index (κ3) is 4.82. The van der Waals surface area contributed by atoms with E-state index in [9.17, 15) is 9.59 Å². The average molecular weight is 248 g/mol. The molecule has 1 rings (SSSR count). The molecule has 0 fully saturated rings. The summed E-state index contributed by atoms with van der Waals surface area (Å²) in [4.78, 5) is 22.5. The number of carbonyl (C=O) groups excluding carboxylic acids is 1. The largest absolute Gasteiger partial charge is 0.481 e. The summed E-state index contributed by atoms with van der Waals surface area (Å²) in [5.41, 5.74) is 0.890. The molecule has 1 N–H and O–H groups in total. The fourth-order valence-electron chi connectivity index (χ4n) is 1.56. The summed E-state index contributed by atoms with van der Waals surface area (Å²) in [6, 6.07) is 9.21. The van der Waals surface area contributed by atoms with Crippen LogP contribution >= 0.6 is 0 Å². The highest BCUT2D eigenvalue weighted by Crippen LogP contribution is 2.13. The van der Waals surface area contributed by atoms with Crippen molar-refractivity contribution in [3.8, 4) is 0 Å². The molecular formula is C14H16O4. The second kappa shape index (κ2) is 7.27. The number of hydrogen-bond donors (Lipinski definition) is 1. The van der Waals surface area contributed by atoms with E-state index in [0.717, 1.165) is 5.56 Å². The highest BCUT2D eigenvalue weighted by atomic mass is 16.5. The van der Waals surface area contributed by atoms with Crippen LogP contribution in [0.2, 0.25) is 0 Å². The topological polar surface area (TPSA) is 63.6 Å². The number of carboxylic acids is 1. The molecule has 0 radical (unpaired) electrons. The van der Waals surface area contributed by atoms with Gasteiger partial charge in [-0.3, -0.25) is 9.59 Å². The number of ether oxygens (including phenoxy) is 1. The van der Waals surface area contributed by atoms with Crippen molar-refractivity contribution in [3.63, 3.8) is 0 Å². The molecule has 0 aromatic heterocycles. The van der Waals surface area contributed by atoms with Crippen molar-refractivity contribution >= 4 is 11.9 Å². The first-order valence-electron chi connectivity index (χ1n) is 5.66. The van der Waals surface area contributed by atoms with E-state index >= 15 is 0 Å². The van der Waals surface area contributed by atoms with E-state index in [-0.39, 0.29) is 13.0 Å². The number of aliphatic carboxylic acids is 1.